The fourth-order valence-electron chi connectivity index (χ4n) is 1.63. The Morgan fingerprint density at radius 2 is 1.82 bits per heavy atom. The number of nitrogens with zero attached hydrogens (tertiary/aromatic N) is 2. The SMILES string of the molecule is CCC(O)(CC)CNc1ncnc(NC)c1C. The molecular weight excluding hydrogens is 216 g/mol. The molecule has 17 heavy (non-hydrogen) atoms. The molecule has 3 N–H and O–H groups in total. The lowest BCUT2D eigenvalue weighted by Gasteiger charge is -2.26. The zero-order chi connectivity index (χ0) is 12.9. The Balaban J connectivity index is 2.76. The molecule has 1 rings (SSSR count). The average molecular weight is 238 g/mol. The van der Waals surface area contributed by atoms with E-state index in [-0.39, 0.29) is 0 Å². The maximum atomic E-state index is 10.2. The molecule has 0 saturated heterocycles. The van der Waals surface area contributed by atoms with E-state index >= 15 is 0 Å². The smallest absolute Gasteiger partial charge is 0.134 e. The van der Waals surface area contributed by atoms with Crippen molar-refractivity contribution in [2.75, 3.05) is 24.2 Å². The van der Waals surface area contributed by atoms with Crippen molar-refractivity contribution < 1.29 is 5.11 Å². The largest absolute Gasteiger partial charge is 0.388 e. The first-order valence-corrected chi connectivity index (χ1v) is 6.02. The standard InChI is InChI=1S/C12H22N4O/c1-5-12(17,6-2)7-14-11-9(3)10(13-4)15-8-16-11/h8,17H,5-7H2,1-4H3,(H2,13,14,15,16). The van der Waals surface area contributed by atoms with Gasteiger partial charge in [0.1, 0.15) is 18.0 Å². The maximum absolute atomic E-state index is 10.2. The predicted molar refractivity (Wildman–Crippen MR) is 70.3 cm³/mol. The van der Waals surface area contributed by atoms with E-state index in [2.05, 4.69) is 20.6 Å². The van der Waals surface area contributed by atoms with Crippen molar-refractivity contribution in [1.82, 2.24) is 9.97 Å². The van der Waals surface area contributed by atoms with Crippen LogP contribution in [-0.2, 0) is 0 Å². The molecule has 0 atom stereocenters. The lowest BCUT2D eigenvalue weighted by molar-refractivity contribution is 0.0456. The van der Waals surface area contributed by atoms with Crippen molar-refractivity contribution in [1.29, 1.82) is 0 Å². The second-order valence-electron chi connectivity index (χ2n) is 4.23. The van der Waals surface area contributed by atoms with Gasteiger partial charge in [0.05, 0.1) is 5.60 Å². The van der Waals surface area contributed by atoms with Crippen LogP contribution in [0, 0.1) is 6.92 Å². The summed E-state index contributed by atoms with van der Waals surface area (Å²) in [6.45, 7) is 6.42. The Kier molecular flexibility index (Phi) is 4.69. The van der Waals surface area contributed by atoms with Crippen LogP contribution in [-0.4, -0.2) is 34.3 Å². The van der Waals surface area contributed by atoms with Gasteiger partial charge < -0.3 is 15.7 Å². The highest BCUT2D eigenvalue weighted by molar-refractivity contribution is 5.56. The van der Waals surface area contributed by atoms with Gasteiger partial charge in [0.25, 0.3) is 0 Å². The number of hydrogen-bond donors (Lipinski definition) is 3. The molecule has 0 aliphatic rings. The van der Waals surface area contributed by atoms with Gasteiger partial charge in [-0.1, -0.05) is 13.8 Å². The van der Waals surface area contributed by atoms with Gasteiger partial charge in [0.15, 0.2) is 0 Å². The summed E-state index contributed by atoms with van der Waals surface area (Å²) >= 11 is 0. The second kappa shape index (κ2) is 5.82. The molecule has 0 bridgehead atoms. The van der Waals surface area contributed by atoms with Crippen LogP contribution in [0.15, 0.2) is 6.33 Å². The third-order valence-corrected chi connectivity index (χ3v) is 3.22. The second-order valence-corrected chi connectivity index (χ2v) is 4.23. The van der Waals surface area contributed by atoms with Gasteiger partial charge in [0.2, 0.25) is 0 Å². The molecule has 0 aliphatic carbocycles. The van der Waals surface area contributed by atoms with Crippen molar-refractivity contribution in [2.24, 2.45) is 0 Å². The van der Waals surface area contributed by atoms with E-state index in [4.69, 9.17) is 0 Å². The zero-order valence-corrected chi connectivity index (χ0v) is 11.0. The molecule has 0 saturated carbocycles. The van der Waals surface area contributed by atoms with E-state index in [9.17, 15) is 5.11 Å². The van der Waals surface area contributed by atoms with Crippen LogP contribution in [0.25, 0.3) is 0 Å². The molecule has 0 spiro atoms. The molecule has 0 amide bonds. The van der Waals surface area contributed by atoms with Crippen LogP contribution in [0.5, 0.6) is 0 Å². The van der Waals surface area contributed by atoms with Crippen molar-refractivity contribution in [3.05, 3.63) is 11.9 Å². The van der Waals surface area contributed by atoms with Gasteiger partial charge in [-0.2, -0.15) is 0 Å². The molecule has 1 aromatic heterocycles. The molecule has 1 heterocycles. The topological polar surface area (TPSA) is 70.1 Å². The van der Waals surface area contributed by atoms with Crippen molar-refractivity contribution in [3.63, 3.8) is 0 Å². The number of hydrogen-bond acceptors (Lipinski definition) is 5. The molecule has 0 unspecified atom stereocenters. The average Bonchev–Trinajstić information content (AvgIpc) is 2.37. The molecule has 1 aromatic rings. The summed E-state index contributed by atoms with van der Waals surface area (Å²) in [5, 5.41) is 16.4. The fraction of sp³-hybridized carbons (Fsp3) is 0.667. The Hall–Kier alpha value is -1.36. The lowest BCUT2D eigenvalue weighted by Crippen LogP contribution is -2.35. The van der Waals surface area contributed by atoms with Crippen molar-refractivity contribution >= 4 is 11.6 Å². The summed E-state index contributed by atoms with van der Waals surface area (Å²) in [6, 6.07) is 0. The first-order chi connectivity index (χ1) is 8.06. The highest BCUT2D eigenvalue weighted by Gasteiger charge is 2.22. The Morgan fingerprint density at radius 1 is 1.24 bits per heavy atom. The molecule has 96 valence electrons. The summed E-state index contributed by atoms with van der Waals surface area (Å²) in [7, 11) is 1.83. The van der Waals surface area contributed by atoms with Gasteiger partial charge in [-0.3, -0.25) is 0 Å². The highest BCUT2D eigenvalue weighted by Crippen LogP contribution is 2.20. The summed E-state index contributed by atoms with van der Waals surface area (Å²) in [5.74, 6) is 1.57. The minimum Gasteiger partial charge on any atom is -0.388 e. The van der Waals surface area contributed by atoms with E-state index in [1.165, 1.54) is 6.33 Å². The minimum atomic E-state index is -0.669. The Bertz CT molecular complexity index is 364. The van der Waals surface area contributed by atoms with Crippen LogP contribution >= 0.6 is 0 Å². The highest BCUT2D eigenvalue weighted by atomic mass is 16.3. The van der Waals surface area contributed by atoms with E-state index < -0.39 is 5.60 Å². The van der Waals surface area contributed by atoms with Gasteiger partial charge >= 0.3 is 0 Å². The van der Waals surface area contributed by atoms with Crippen LogP contribution in [0.4, 0.5) is 11.6 Å². The molecule has 0 fully saturated rings. The normalized spacial score (nSPS) is 11.4. The van der Waals surface area contributed by atoms with Crippen LogP contribution in [0.2, 0.25) is 0 Å². The number of nitrogens with one attached hydrogen (secondary N) is 2. The van der Waals surface area contributed by atoms with Gasteiger partial charge in [-0.05, 0) is 19.8 Å². The Labute approximate surface area is 103 Å². The van der Waals surface area contributed by atoms with Gasteiger partial charge in [-0.25, -0.2) is 9.97 Å². The number of anilines is 2. The molecule has 0 aliphatic heterocycles. The number of aromatic nitrogens is 2. The zero-order valence-electron chi connectivity index (χ0n) is 11.0. The van der Waals surface area contributed by atoms with E-state index in [1.54, 1.807) is 0 Å². The maximum Gasteiger partial charge on any atom is 0.134 e. The summed E-state index contributed by atoms with van der Waals surface area (Å²) < 4.78 is 0. The molecule has 0 radical (unpaired) electrons. The van der Waals surface area contributed by atoms with Gasteiger partial charge in [-0.15, -0.1) is 0 Å². The number of aliphatic hydroxyl groups is 1. The Morgan fingerprint density at radius 3 is 2.35 bits per heavy atom. The lowest BCUT2D eigenvalue weighted by atomic mass is 9.97. The summed E-state index contributed by atoms with van der Waals surface area (Å²) in [5.41, 5.74) is 0.293. The van der Waals surface area contributed by atoms with E-state index in [1.807, 2.05) is 27.8 Å². The predicted octanol–water partition coefficient (Wildman–Crippen LogP) is 1.79. The van der Waals surface area contributed by atoms with Crippen LogP contribution < -0.4 is 10.6 Å². The minimum absolute atomic E-state index is 0.501. The quantitative estimate of drug-likeness (QED) is 0.705. The van der Waals surface area contributed by atoms with Crippen molar-refractivity contribution in [3.8, 4) is 0 Å². The third-order valence-electron chi connectivity index (χ3n) is 3.22. The van der Waals surface area contributed by atoms with Crippen LogP contribution in [0.1, 0.15) is 32.3 Å². The number of rotatable bonds is 6. The van der Waals surface area contributed by atoms with E-state index in [0.29, 0.717) is 6.54 Å². The molecule has 0 aromatic carbocycles. The first-order valence-electron chi connectivity index (χ1n) is 6.02. The van der Waals surface area contributed by atoms with Crippen LogP contribution in [0.3, 0.4) is 0 Å². The fourth-order valence-corrected chi connectivity index (χ4v) is 1.63. The molecular formula is C12H22N4O. The molecule has 5 nitrogen and oxygen atoms in total. The van der Waals surface area contributed by atoms with Crippen molar-refractivity contribution in [2.45, 2.75) is 39.2 Å². The summed E-state index contributed by atoms with van der Waals surface area (Å²) in [4.78, 5) is 8.30. The monoisotopic (exact) mass is 238 g/mol. The molecule has 5 heteroatoms. The first kappa shape index (κ1) is 13.7. The summed E-state index contributed by atoms with van der Waals surface area (Å²) in [6.07, 6.45) is 2.96. The third kappa shape index (κ3) is 3.30. The van der Waals surface area contributed by atoms with E-state index in [0.717, 1.165) is 30.0 Å². The van der Waals surface area contributed by atoms with Gasteiger partial charge in [0, 0.05) is 19.2 Å².